The number of amides is 1. The molecule has 1 N–H and O–H groups in total. The molecule has 1 aliphatic heterocycles. The lowest BCUT2D eigenvalue weighted by molar-refractivity contribution is -0.140. The highest BCUT2D eigenvalue weighted by molar-refractivity contribution is 6.46. The molecule has 1 saturated heterocycles. The number of benzene rings is 3. The molecule has 40 heavy (non-hydrogen) atoms. The van der Waals surface area contributed by atoms with E-state index in [2.05, 4.69) is 13.8 Å². The highest BCUT2D eigenvalue weighted by Crippen LogP contribution is 2.41. The molecule has 5 rings (SSSR count). The second-order valence-corrected chi connectivity index (χ2v) is 10.1. The summed E-state index contributed by atoms with van der Waals surface area (Å²) in [5.74, 6) is 0.400. The second kappa shape index (κ2) is 11.9. The standard InChI is InChI=1S/C33H31NO6/c1-22(2)20-39-26-15-13-24(14-16-26)31(35)29-30(34(33(37)32(29)36)19-28-12-7-17-38-28)25-10-6-11-27(18-25)40-21-23-8-4-3-5-9-23/h3-18,22,30,35H,19-21H2,1-2H3/b31-29-. The van der Waals surface area contributed by atoms with Crippen LogP contribution >= 0.6 is 0 Å². The molecule has 0 bridgehead atoms. The lowest BCUT2D eigenvalue weighted by Gasteiger charge is -2.25. The summed E-state index contributed by atoms with van der Waals surface area (Å²) in [6, 6.07) is 26.5. The Kier molecular flexibility index (Phi) is 8.01. The summed E-state index contributed by atoms with van der Waals surface area (Å²) in [6.45, 7) is 5.11. The number of ketones is 1. The zero-order chi connectivity index (χ0) is 28.1. The van der Waals surface area contributed by atoms with E-state index in [1.165, 1.54) is 11.2 Å². The summed E-state index contributed by atoms with van der Waals surface area (Å²) in [5.41, 5.74) is 2.06. The third kappa shape index (κ3) is 5.94. The first-order valence-corrected chi connectivity index (χ1v) is 13.2. The van der Waals surface area contributed by atoms with Gasteiger partial charge < -0.3 is 23.9 Å². The number of Topliss-reactive ketones (excluding diaryl/α,β-unsaturated/α-hetero) is 1. The average Bonchev–Trinajstić information content (AvgIpc) is 3.58. The van der Waals surface area contributed by atoms with E-state index in [1.54, 1.807) is 42.5 Å². The van der Waals surface area contributed by atoms with E-state index < -0.39 is 17.7 Å². The largest absolute Gasteiger partial charge is 0.507 e. The molecule has 1 aromatic heterocycles. The van der Waals surface area contributed by atoms with Crippen molar-refractivity contribution in [3.8, 4) is 11.5 Å². The first kappa shape index (κ1) is 26.8. The monoisotopic (exact) mass is 537 g/mol. The van der Waals surface area contributed by atoms with Crippen molar-refractivity contribution in [2.45, 2.75) is 33.0 Å². The fourth-order valence-electron chi connectivity index (χ4n) is 4.60. The Balaban J connectivity index is 1.51. The number of nitrogens with zero attached hydrogens (tertiary/aromatic N) is 1. The van der Waals surface area contributed by atoms with Crippen LogP contribution in [0.4, 0.5) is 0 Å². The third-order valence-corrected chi connectivity index (χ3v) is 6.58. The van der Waals surface area contributed by atoms with Crippen LogP contribution in [0.25, 0.3) is 5.76 Å². The fraction of sp³-hybridized carbons (Fsp3) is 0.212. The SMILES string of the molecule is CC(C)COc1ccc(/C(O)=C2/C(=O)C(=O)N(Cc3ccco3)C2c2cccc(OCc3ccccc3)c2)cc1. The van der Waals surface area contributed by atoms with E-state index in [-0.39, 0.29) is 17.9 Å². The molecule has 2 heterocycles. The first-order valence-electron chi connectivity index (χ1n) is 13.2. The summed E-state index contributed by atoms with van der Waals surface area (Å²) in [6.07, 6.45) is 1.52. The Labute approximate surface area is 233 Å². The van der Waals surface area contributed by atoms with Crippen molar-refractivity contribution in [1.82, 2.24) is 4.90 Å². The van der Waals surface area contributed by atoms with Crippen molar-refractivity contribution in [3.05, 3.63) is 125 Å². The maximum atomic E-state index is 13.4. The molecule has 7 nitrogen and oxygen atoms in total. The number of aliphatic hydroxyl groups is 1. The zero-order valence-corrected chi connectivity index (χ0v) is 22.4. The fourth-order valence-corrected chi connectivity index (χ4v) is 4.60. The summed E-state index contributed by atoms with van der Waals surface area (Å²) in [7, 11) is 0. The average molecular weight is 538 g/mol. The van der Waals surface area contributed by atoms with E-state index in [1.807, 2.05) is 48.5 Å². The van der Waals surface area contributed by atoms with Crippen LogP contribution < -0.4 is 9.47 Å². The minimum atomic E-state index is -0.845. The molecule has 1 atom stereocenters. The number of hydrogen-bond donors (Lipinski definition) is 1. The Morgan fingerprint density at radius 1 is 0.900 bits per heavy atom. The highest BCUT2D eigenvalue weighted by Gasteiger charge is 2.46. The van der Waals surface area contributed by atoms with E-state index in [0.717, 1.165) is 5.56 Å². The highest BCUT2D eigenvalue weighted by atomic mass is 16.5. The molecule has 1 unspecified atom stereocenters. The van der Waals surface area contributed by atoms with Gasteiger partial charge in [-0.25, -0.2) is 0 Å². The minimum absolute atomic E-state index is 0.00705. The predicted octanol–water partition coefficient (Wildman–Crippen LogP) is 6.52. The van der Waals surface area contributed by atoms with E-state index in [4.69, 9.17) is 13.9 Å². The maximum absolute atomic E-state index is 13.4. The summed E-state index contributed by atoms with van der Waals surface area (Å²) < 4.78 is 17.3. The minimum Gasteiger partial charge on any atom is -0.507 e. The van der Waals surface area contributed by atoms with Gasteiger partial charge >= 0.3 is 0 Å². The van der Waals surface area contributed by atoms with Gasteiger partial charge in [-0.3, -0.25) is 9.59 Å². The van der Waals surface area contributed by atoms with Crippen LogP contribution in [0.2, 0.25) is 0 Å². The van der Waals surface area contributed by atoms with Gasteiger partial charge in [-0.2, -0.15) is 0 Å². The number of likely N-dealkylation sites (tertiary alicyclic amines) is 1. The molecule has 1 fully saturated rings. The van der Waals surface area contributed by atoms with Crippen molar-refractivity contribution >= 4 is 17.4 Å². The molecular formula is C33H31NO6. The molecule has 0 saturated carbocycles. The van der Waals surface area contributed by atoms with E-state index >= 15 is 0 Å². The van der Waals surface area contributed by atoms with Crippen LogP contribution in [0, 0.1) is 5.92 Å². The molecule has 0 spiro atoms. The predicted molar refractivity (Wildman–Crippen MR) is 151 cm³/mol. The van der Waals surface area contributed by atoms with Gasteiger partial charge in [-0.1, -0.05) is 56.3 Å². The summed E-state index contributed by atoms with van der Waals surface area (Å²) >= 11 is 0. The molecule has 0 aliphatic carbocycles. The van der Waals surface area contributed by atoms with Gasteiger partial charge in [0, 0.05) is 5.56 Å². The molecular weight excluding hydrogens is 506 g/mol. The molecule has 1 amide bonds. The molecule has 3 aromatic carbocycles. The molecule has 1 aliphatic rings. The first-order chi connectivity index (χ1) is 19.4. The smallest absolute Gasteiger partial charge is 0.296 e. The van der Waals surface area contributed by atoms with Gasteiger partial charge in [0.05, 0.1) is 31.0 Å². The van der Waals surface area contributed by atoms with Gasteiger partial charge in [-0.15, -0.1) is 0 Å². The van der Waals surface area contributed by atoms with Crippen LogP contribution in [0.15, 0.2) is 107 Å². The van der Waals surface area contributed by atoms with Gasteiger partial charge in [0.2, 0.25) is 0 Å². The van der Waals surface area contributed by atoms with Gasteiger partial charge in [0.25, 0.3) is 11.7 Å². The lowest BCUT2D eigenvalue weighted by atomic mass is 9.95. The number of aliphatic hydroxyl groups excluding tert-OH is 1. The van der Waals surface area contributed by atoms with Crippen LogP contribution in [0.1, 0.15) is 42.3 Å². The van der Waals surface area contributed by atoms with E-state index in [0.29, 0.717) is 47.5 Å². The normalized spacial score (nSPS) is 16.5. The van der Waals surface area contributed by atoms with Gasteiger partial charge in [0.15, 0.2) is 0 Å². The Hall–Kier alpha value is -4.78. The number of rotatable bonds is 10. The van der Waals surface area contributed by atoms with E-state index in [9.17, 15) is 14.7 Å². The Morgan fingerprint density at radius 2 is 1.68 bits per heavy atom. The van der Waals surface area contributed by atoms with Gasteiger partial charge in [-0.05, 0) is 65.6 Å². The number of carbonyl (C=O) groups excluding carboxylic acids is 2. The van der Waals surface area contributed by atoms with Crippen molar-refractivity contribution in [1.29, 1.82) is 0 Å². The van der Waals surface area contributed by atoms with Crippen LogP contribution in [-0.4, -0.2) is 28.3 Å². The topological polar surface area (TPSA) is 89.2 Å². The molecule has 204 valence electrons. The Morgan fingerprint density at radius 3 is 2.38 bits per heavy atom. The van der Waals surface area contributed by atoms with Crippen LogP contribution in [0.5, 0.6) is 11.5 Å². The quantitative estimate of drug-likeness (QED) is 0.141. The zero-order valence-electron chi connectivity index (χ0n) is 22.4. The number of hydrogen-bond acceptors (Lipinski definition) is 6. The number of furan rings is 1. The van der Waals surface area contributed by atoms with Crippen molar-refractivity contribution < 1.29 is 28.6 Å². The van der Waals surface area contributed by atoms with Crippen molar-refractivity contribution in [2.24, 2.45) is 5.92 Å². The summed E-state index contributed by atoms with van der Waals surface area (Å²) in [4.78, 5) is 28.1. The number of carbonyl (C=O) groups is 2. The second-order valence-electron chi connectivity index (χ2n) is 10.1. The summed E-state index contributed by atoms with van der Waals surface area (Å²) in [5, 5.41) is 11.4. The Bertz CT molecular complexity index is 1490. The molecule has 4 aromatic rings. The van der Waals surface area contributed by atoms with Crippen molar-refractivity contribution in [3.63, 3.8) is 0 Å². The van der Waals surface area contributed by atoms with Gasteiger partial charge in [0.1, 0.15) is 29.6 Å². The maximum Gasteiger partial charge on any atom is 0.296 e. The number of ether oxygens (including phenoxy) is 2. The van der Waals surface area contributed by atoms with Crippen LogP contribution in [-0.2, 0) is 22.7 Å². The van der Waals surface area contributed by atoms with Crippen LogP contribution in [0.3, 0.4) is 0 Å². The lowest BCUT2D eigenvalue weighted by Crippen LogP contribution is -2.29. The third-order valence-electron chi connectivity index (χ3n) is 6.58. The van der Waals surface area contributed by atoms with Crippen molar-refractivity contribution in [2.75, 3.05) is 6.61 Å². The molecule has 0 radical (unpaired) electrons. The molecule has 7 heteroatoms.